The third kappa shape index (κ3) is 2.61. The Morgan fingerprint density at radius 1 is 1.42 bits per heavy atom. The summed E-state index contributed by atoms with van der Waals surface area (Å²) in [5.41, 5.74) is 8.25. The predicted molar refractivity (Wildman–Crippen MR) is 72.4 cm³/mol. The number of benzene rings is 1. The minimum atomic E-state index is -0.578. The van der Waals surface area contributed by atoms with Crippen molar-refractivity contribution in [3.63, 3.8) is 0 Å². The molecule has 2 rings (SSSR count). The number of esters is 1. The molecule has 0 spiro atoms. The van der Waals surface area contributed by atoms with Crippen LogP contribution in [0.3, 0.4) is 0 Å². The minimum Gasteiger partial charge on any atom is -0.449 e. The summed E-state index contributed by atoms with van der Waals surface area (Å²) in [6, 6.07) is 8.77. The van der Waals surface area contributed by atoms with E-state index in [0.29, 0.717) is 11.4 Å². The van der Waals surface area contributed by atoms with Crippen LogP contribution in [-0.2, 0) is 4.74 Å². The fourth-order valence-electron chi connectivity index (χ4n) is 1.69. The van der Waals surface area contributed by atoms with Crippen molar-refractivity contribution in [2.75, 3.05) is 12.3 Å². The first-order valence-corrected chi connectivity index (χ1v) is 5.69. The number of nitrogens with two attached hydrogens (primary N) is 1. The average molecular weight is 255 g/mol. The Morgan fingerprint density at radius 3 is 2.95 bits per heavy atom. The predicted octanol–water partition coefficient (Wildman–Crippen LogP) is 2.63. The number of furan rings is 1. The zero-order chi connectivity index (χ0) is 13.8. The standard InChI is InChI=1S/C15H13NO3/c1-3-9-18-15(17)14-8-7-13(19-14)11-5-4-6-12(16)10(11)2/h1,4-8H,9,16H2,2H3. The molecule has 1 heterocycles. The maximum absolute atomic E-state index is 11.6. The summed E-state index contributed by atoms with van der Waals surface area (Å²) in [7, 11) is 0. The zero-order valence-corrected chi connectivity index (χ0v) is 10.5. The number of hydrogen-bond acceptors (Lipinski definition) is 4. The topological polar surface area (TPSA) is 65.5 Å². The van der Waals surface area contributed by atoms with E-state index < -0.39 is 5.97 Å². The van der Waals surface area contributed by atoms with Crippen LogP contribution in [0, 0.1) is 19.3 Å². The van der Waals surface area contributed by atoms with Gasteiger partial charge >= 0.3 is 5.97 Å². The highest BCUT2D eigenvalue weighted by Crippen LogP contribution is 2.28. The van der Waals surface area contributed by atoms with Crippen LogP contribution in [0.4, 0.5) is 5.69 Å². The quantitative estimate of drug-likeness (QED) is 0.520. The Bertz CT molecular complexity index is 650. The van der Waals surface area contributed by atoms with E-state index in [1.165, 1.54) is 0 Å². The molecule has 0 radical (unpaired) electrons. The second-order valence-electron chi connectivity index (χ2n) is 3.96. The van der Waals surface area contributed by atoms with E-state index in [1.807, 2.05) is 25.1 Å². The van der Waals surface area contributed by atoms with E-state index in [9.17, 15) is 4.79 Å². The van der Waals surface area contributed by atoms with Crippen molar-refractivity contribution in [2.24, 2.45) is 0 Å². The van der Waals surface area contributed by atoms with Gasteiger partial charge in [0.15, 0.2) is 6.61 Å². The molecular formula is C15H13NO3. The molecule has 19 heavy (non-hydrogen) atoms. The molecule has 2 N–H and O–H groups in total. The molecule has 96 valence electrons. The lowest BCUT2D eigenvalue weighted by molar-refractivity contribution is 0.0521. The van der Waals surface area contributed by atoms with Crippen molar-refractivity contribution in [3.8, 4) is 23.7 Å². The van der Waals surface area contributed by atoms with Crippen molar-refractivity contribution in [2.45, 2.75) is 6.92 Å². The number of hydrogen-bond donors (Lipinski definition) is 1. The van der Waals surface area contributed by atoms with Crippen LogP contribution in [0.2, 0.25) is 0 Å². The highest BCUT2D eigenvalue weighted by Gasteiger charge is 2.14. The number of ether oxygens (including phenoxy) is 1. The first-order valence-electron chi connectivity index (χ1n) is 5.69. The molecule has 4 heteroatoms. The highest BCUT2D eigenvalue weighted by molar-refractivity contribution is 5.87. The van der Waals surface area contributed by atoms with E-state index >= 15 is 0 Å². The first-order chi connectivity index (χ1) is 9.13. The second-order valence-corrected chi connectivity index (χ2v) is 3.96. The van der Waals surface area contributed by atoms with Crippen molar-refractivity contribution in [1.29, 1.82) is 0 Å². The average Bonchev–Trinajstić information content (AvgIpc) is 2.88. The molecule has 0 fully saturated rings. The normalized spacial score (nSPS) is 9.89. The number of nitrogen functional groups attached to an aromatic ring is 1. The van der Waals surface area contributed by atoms with E-state index in [0.717, 1.165) is 11.1 Å². The van der Waals surface area contributed by atoms with Gasteiger partial charge in [-0.3, -0.25) is 0 Å². The Morgan fingerprint density at radius 2 is 2.21 bits per heavy atom. The molecule has 0 aliphatic heterocycles. The Kier molecular flexibility index (Phi) is 3.58. The number of anilines is 1. The maximum Gasteiger partial charge on any atom is 0.375 e. The summed E-state index contributed by atoms with van der Waals surface area (Å²) in [4.78, 5) is 11.6. The number of terminal acetylenes is 1. The van der Waals surface area contributed by atoms with Crippen molar-refractivity contribution >= 4 is 11.7 Å². The lowest BCUT2D eigenvalue weighted by Gasteiger charge is -2.05. The molecule has 4 nitrogen and oxygen atoms in total. The third-order valence-electron chi connectivity index (χ3n) is 2.73. The molecule has 0 aliphatic carbocycles. The van der Waals surface area contributed by atoms with Crippen LogP contribution in [0.5, 0.6) is 0 Å². The van der Waals surface area contributed by atoms with Gasteiger partial charge in [-0.05, 0) is 30.7 Å². The van der Waals surface area contributed by atoms with E-state index in [2.05, 4.69) is 5.92 Å². The summed E-state index contributed by atoms with van der Waals surface area (Å²) in [5, 5.41) is 0. The zero-order valence-electron chi connectivity index (χ0n) is 10.5. The van der Waals surface area contributed by atoms with Gasteiger partial charge in [-0.25, -0.2) is 4.79 Å². The molecular weight excluding hydrogens is 242 g/mol. The third-order valence-corrected chi connectivity index (χ3v) is 2.73. The highest BCUT2D eigenvalue weighted by atomic mass is 16.5. The van der Waals surface area contributed by atoms with Crippen LogP contribution in [0.15, 0.2) is 34.7 Å². The van der Waals surface area contributed by atoms with Crippen molar-refractivity contribution in [1.82, 2.24) is 0 Å². The van der Waals surface area contributed by atoms with Gasteiger partial charge in [0.1, 0.15) is 5.76 Å². The fraction of sp³-hybridized carbons (Fsp3) is 0.133. The van der Waals surface area contributed by atoms with Gasteiger partial charge in [0.2, 0.25) is 5.76 Å². The summed E-state index contributed by atoms with van der Waals surface area (Å²) in [6.45, 7) is 1.82. The van der Waals surface area contributed by atoms with Gasteiger partial charge in [-0.15, -0.1) is 6.42 Å². The van der Waals surface area contributed by atoms with Gasteiger partial charge in [-0.2, -0.15) is 0 Å². The monoisotopic (exact) mass is 255 g/mol. The van der Waals surface area contributed by atoms with Gasteiger partial charge in [0.25, 0.3) is 0 Å². The van der Waals surface area contributed by atoms with Crippen molar-refractivity contribution in [3.05, 3.63) is 41.7 Å². The summed E-state index contributed by atoms with van der Waals surface area (Å²) in [6.07, 6.45) is 5.02. The van der Waals surface area contributed by atoms with E-state index in [4.69, 9.17) is 21.3 Å². The number of rotatable bonds is 3. The van der Waals surface area contributed by atoms with Gasteiger partial charge in [-0.1, -0.05) is 18.1 Å². The van der Waals surface area contributed by atoms with Crippen LogP contribution < -0.4 is 5.73 Å². The lowest BCUT2D eigenvalue weighted by Crippen LogP contribution is -2.03. The molecule has 2 aromatic rings. The smallest absolute Gasteiger partial charge is 0.375 e. The van der Waals surface area contributed by atoms with Crippen LogP contribution in [-0.4, -0.2) is 12.6 Å². The van der Waals surface area contributed by atoms with Crippen LogP contribution >= 0.6 is 0 Å². The molecule has 0 unspecified atom stereocenters. The SMILES string of the molecule is C#CCOC(=O)c1ccc(-c2cccc(N)c2C)o1. The van der Waals surface area contributed by atoms with E-state index in [-0.39, 0.29) is 12.4 Å². The van der Waals surface area contributed by atoms with Gasteiger partial charge < -0.3 is 14.9 Å². The van der Waals surface area contributed by atoms with Crippen molar-refractivity contribution < 1.29 is 13.9 Å². The second kappa shape index (κ2) is 5.32. The molecule has 1 aromatic heterocycles. The summed E-state index contributed by atoms with van der Waals surface area (Å²) in [5.74, 6) is 2.33. The molecule has 0 amide bonds. The molecule has 0 saturated heterocycles. The molecule has 0 atom stereocenters. The largest absolute Gasteiger partial charge is 0.449 e. The lowest BCUT2D eigenvalue weighted by atomic mass is 10.1. The Balaban J connectivity index is 2.29. The Labute approximate surface area is 111 Å². The number of carbonyl (C=O) groups excluding carboxylic acids is 1. The maximum atomic E-state index is 11.6. The minimum absolute atomic E-state index is 0.0772. The molecule has 0 saturated carbocycles. The summed E-state index contributed by atoms with van der Waals surface area (Å²) < 4.78 is 10.3. The van der Waals surface area contributed by atoms with Crippen LogP contribution in [0.1, 0.15) is 16.1 Å². The summed E-state index contributed by atoms with van der Waals surface area (Å²) >= 11 is 0. The molecule has 1 aromatic carbocycles. The van der Waals surface area contributed by atoms with Crippen LogP contribution in [0.25, 0.3) is 11.3 Å². The molecule has 0 bridgehead atoms. The number of carbonyl (C=O) groups is 1. The van der Waals surface area contributed by atoms with Gasteiger partial charge in [0, 0.05) is 11.3 Å². The van der Waals surface area contributed by atoms with Gasteiger partial charge in [0.05, 0.1) is 0 Å². The first kappa shape index (κ1) is 12.8. The molecule has 0 aliphatic rings. The van der Waals surface area contributed by atoms with E-state index in [1.54, 1.807) is 12.1 Å². The Hall–Kier alpha value is -2.67. The fourth-order valence-corrected chi connectivity index (χ4v) is 1.69.